The summed E-state index contributed by atoms with van der Waals surface area (Å²) in [6.07, 6.45) is 5.10. The van der Waals surface area contributed by atoms with Crippen LogP contribution in [0.15, 0.2) is 48.3 Å². The van der Waals surface area contributed by atoms with Crippen LogP contribution >= 0.6 is 0 Å². The van der Waals surface area contributed by atoms with Crippen LogP contribution in [-0.2, 0) is 30.5 Å². The predicted octanol–water partition coefficient (Wildman–Crippen LogP) is 2.52. The van der Waals surface area contributed by atoms with E-state index < -0.39 is 36.0 Å². The van der Waals surface area contributed by atoms with Gasteiger partial charge in [0.15, 0.2) is 0 Å². The average Bonchev–Trinajstić information content (AvgIpc) is 2.81. The van der Waals surface area contributed by atoms with Crippen LogP contribution in [0.1, 0.15) is 38.7 Å². The van der Waals surface area contributed by atoms with Crippen LogP contribution in [0, 0.1) is 0 Å². The zero-order chi connectivity index (χ0) is 25.8. The largest absolute Gasteiger partial charge is 0.461 e. The quantitative estimate of drug-likeness (QED) is 0.166. The van der Waals surface area contributed by atoms with Gasteiger partial charge in [-0.2, -0.15) is 4.79 Å². The molecule has 11 heteroatoms. The fourth-order valence-electron chi connectivity index (χ4n) is 2.96. The molecule has 0 aliphatic carbocycles. The highest BCUT2D eigenvalue weighted by Crippen LogP contribution is 2.18. The lowest BCUT2D eigenvalue weighted by Gasteiger charge is -2.18. The topological polar surface area (TPSA) is 148 Å². The van der Waals surface area contributed by atoms with Crippen molar-refractivity contribution in [2.75, 3.05) is 7.05 Å². The number of hydrogen-bond acceptors (Lipinski definition) is 8. The van der Waals surface area contributed by atoms with Crippen molar-refractivity contribution >= 4 is 30.0 Å². The summed E-state index contributed by atoms with van der Waals surface area (Å²) in [5.41, 5.74) is 9.56. The third-order valence-electron chi connectivity index (χ3n) is 4.61. The second-order valence-electron chi connectivity index (χ2n) is 7.95. The molecule has 1 N–H and O–H groups in total. The molecule has 0 fully saturated rings. The summed E-state index contributed by atoms with van der Waals surface area (Å²) in [6, 6.07) is 5.30. The number of nitrogens with one attached hydrogen (secondary N) is 1. The number of nitrogens with zero attached hydrogens (tertiary/aromatic N) is 3. The molecule has 11 nitrogen and oxygen atoms in total. The zero-order valence-corrected chi connectivity index (χ0v) is 19.8. The lowest BCUT2D eigenvalue weighted by molar-refractivity contribution is -0.150. The first-order valence-corrected chi connectivity index (χ1v) is 10.9. The van der Waals surface area contributed by atoms with Crippen molar-refractivity contribution in [1.29, 1.82) is 0 Å². The third-order valence-corrected chi connectivity index (χ3v) is 4.61. The molecule has 1 amide bonds. The minimum Gasteiger partial charge on any atom is -0.461 e. The number of hydrogen-bond donors (Lipinski definition) is 1. The van der Waals surface area contributed by atoms with E-state index in [0.717, 1.165) is 0 Å². The summed E-state index contributed by atoms with van der Waals surface area (Å²) in [5.74, 6) is -1.35. The first-order valence-electron chi connectivity index (χ1n) is 10.9. The number of alkyl carbamates (subject to hydrolysis) is 1. The number of ketones is 1. The number of amides is 1. The zero-order valence-electron chi connectivity index (χ0n) is 19.8. The SMILES string of the molecule is CC(C)OC(=O)[C@H](CCC(=O)C=[N+]=[N-])NC(=O)OCc1ccc(OC(=O)C2=CN(C)C=CC2)cc1. The van der Waals surface area contributed by atoms with Crippen molar-refractivity contribution in [3.05, 3.63) is 59.4 Å². The van der Waals surface area contributed by atoms with Crippen LogP contribution in [0.3, 0.4) is 0 Å². The molecular formula is C24H28N4O7. The maximum atomic E-state index is 12.3. The second-order valence-corrected chi connectivity index (χ2v) is 7.95. The molecule has 0 radical (unpaired) electrons. The Hall–Kier alpha value is -4.24. The van der Waals surface area contributed by atoms with Crippen molar-refractivity contribution in [3.63, 3.8) is 0 Å². The lowest BCUT2D eigenvalue weighted by atomic mass is 10.1. The minimum atomic E-state index is -1.12. The van der Waals surface area contributed by atoms with E-state index in [1.54, 1.807) is 49.2 Å². The number of esters is 2. The van der Waals surface area contributed by atoms with Gasteiger partial charge >= 0.3 is 24.2 Å². The Morgan fingerprint density at radius 1 is 1.20 bits per heavy atom. The first-order chi connectivity index (χ1) is 16.7. The average molecular weight is 485 g/mol. The van der Waals surface area contributed by atoms with Gasteiger partial charge < -0.3 is 30.0 Å². The van der Waals surface area contributed by atoms with Gasteiger partial charge in [-0.3, -0.25) is 4.79 Å². The van der Waals surface area contributed by atoms with Gasteiger partial charge in [-0.25, -0.2) is 14.4 Å². The van der Waals surface area contributed by atoms with Crippen molar-refractivity contribution in [2.45, 2.75) is 51.9 Å². The van der Waals surface area contributed by atoms with E-state index in [-0.39, 0.29) is 19.4 Å². The molecule has 1 aliphatic heterocycles. The Labute approximate surface area is 202 Å². The highest BCUT2D eigenvalue weighted by molar-refractivity contribution is 6.25. The second kappa shape index (κ2) is 13.5. The summed E-state index contributed by atoms with van der Waals surface area (Å²) < 4.78 is 15.6. The van der Waals surface area contributed by atoms with Gasteiger partial charge in [-0.05, 0) is 44.2 Å². The van der Waals surface area contributed by atoms with Crippen molar-refractivity contribution in [3.8, 4) is 5.75 Å². The van der Waals surface area contributed by atoms with Crippen molar-refractivity contribution in [2.24, 2.45) is 0 Å². The number of Topliss-reactive ketones (excluding diaryl/α,β-unsaturated/α-hetero) is 1. The van der Waals surface area contributed by atoms with E-state index >= 15 is 0 Å². The highest BCUT2D eigenvalue weighted by Gasteiger charge is 2.25. The molecule has 1 atom stereocenters. The van der Waals surface area contributed by atoms with Gasteiger partial charge in [0.05, 0.1) is 11.7 Å². The van der Waals surface area contributed by atoms with Crippen LogP contribution in [0.5, 0.6) is 5.75 Å². The lowest BCUT2D eigenvalue weighted by Crippen LogP contribution is -2.43. The molecule has 186 valence electrons. The summed E-state index contributed by atoms with van der Waals surface area (Å²) in [5, 5.41) is 2.39. The number of carbonyl (C=O) groups excluding carboxylic acids is 4. The van der Waals surface area contributed by atoms with Crippen LogP contribution in [-0.4, -0.2) is 58.9 Å². The van der Waals surface area contributed by atoms with Gasteiger partial charge in [0, 0.05) is 26.1 Å². The Kier molecular flexibility index (Phi) is 10.4. The maximum absolute atomic E-state index is 12.3. The normalized spacial score (nSPS) is 13.3. The molecule has 0 aromatic heterocycles. The molecule has 2 rings (SSSR count). The molecule has 0 saturated carbocycles. The Morgan fingerprint density at radius 3 is 2.54 bits per heavy atom. The van der Waals surface area contributed by atoms with Crippen LogP contribution in [0.4, 0.5) is 4.79 Å². The summed E-state index contributed by atoms with van der Waals surface area (Å²) in [6.45, 7) is 3.20. The van der Waals surface area contributed by atoms with Gasteiger partial charge in [-0.15, -0.1) is 0 Å². The van der Waals surface area contributed by atoms with E-state index in [4.69, 9.17) is 19.7 Å². The summed E-state index contributed by atoms with van der Waals surface area (Å²) >= 11 is 0. The standard InChI is InChI=1S/C24H28N4O7/c1-16(2)34-23(31)21(11-8-19(29)13-26-25)27-24(32)33-15-17-6-9-20(10-7-17)35-22(30)18-5-4-12-28(3)14-18/h4,6-7,9-10,12-14,16,21H,5,8,11,15H2,1-3H3,(H,27,32)/t21-/m0/s1. The fourth-order valence-corrected chi connectivity index (χ4v) is 2.96. The number of allylic oxidation sites excluding steroid dienone is 1. The molecule has 0 bridgehead atoms. The van der Waals surface area contributed by atoms with Crippen LogP contribution in [0.2, 0.25) is 0 Å². The number of rotatable bonds is 11. The first kappa shape index (κ1) is 27.0. The summed E-state index contributed by atoms with van der Waals surface area (Å²) in [4.78, 5) is 52.7. The summed E-state index contributed by atoms with van der Waals surface area (Å²) in [7, 11) is 1.81. The fraction of sp³-hybridized carbons (Fsp3) is 0.375. The van der Waals surface area contributed by atoms with E-state index in [9.17, 15) is 19.2 Å². The van der Waals surface area contributed by atoms with E-state index in [0.29, 0.717) is 29.5 Å². The molecule has 1 aliphatic rings. The number of benzene rings is 1. The highest BCUT2D eigenvalue weighted by atomic mass is 16.6. The molecule has 1 aromatic carbocycles. The van der Waals surface area contributed by atoms with Crippen molar-refractivity contribution in [1.82, 2.24) is 10.2 Å². The van der Waals surface area contributed by atoms with E-state index in [1.165, 1.54) is 0 Å². The number of ether oxygens (including phenoxy) is 3. The molecule has 35 heavy (non-hydrogen) atoms. The van der Waals surface area contributed by atoms with Crippen LogP contribution in [0.25, 0.3) is 5.53 Å². The van der Waals surface area contributed by atoms with Crippen molar-refractivity contribution < 1.29 is 38.2 Å². The smallest absolute Gasteiger partial charge is 0.408 e. The maximum Gasteiger partial charge on any atom is 0.408 e. The minimum absolute atomic E-state index is 0.0619. The predicted molar refractivity (Wildman–Crippen MR) is 124 cm³/mol. The van der Waals surface area contributed by atoms with Gasteiger partial charge in [0.1, 0.15) is 18.4 Å². The van der Waals surface area contributed by atoms with E-state index in [2.05, 4.69) is 10.1 Å². The monoisotopic (exact) mass is 484 g/mol. The molecular weight excluding hydrogens is 456 g/mol. The Bertz CT molecular complexity index is 1040. The van der Waals surface area contributed by atoms with E-state index in [1.807, 2.05) is 19.3 Å². The number of carbonyl (C=O) groups is 4. The third kappa shape index (κ3) is 9.65. The molecule has 0 saturated heterocycles. The van der Waals surface area contributed by atoms with Gasteiger partial charge in [0.2, 0.25) is 5.78 Å². The molecule has 1 aromatic rings. The molecule has 0 spiro atoms. The van der Waals surface area contributed by atoms with Gasteiger partial charge in [-0.1, -0.05) is 18.2 Å². The molecule has 0 unspecified atom stereocenters. The van der Waals surface area contributed by atoms with Crippen LogP contribution < -0.4 is 10.1 Å². The Balaban J connectivity index is 1.88. The Morgan fingerprint density at radius 2 is 1.91 bits per heavy atom. The van der Waals surface area contributed by atoms with Gasteiger partial charge in [0.25, 0.3) is 0 Å². The molecule has 1 heterocycles.